The Balaban J connectivity index is 2.14. The first-order valence-electron chi connectivity index (χ1n) is 7.62. The summed E-state index contributed by atoms with van der Waals surface area (Å²) in [6.07, 6.45) is 8.55. The number of hydrogen-bond donors (Lipinski definition) is 1. The van der Waals surface area contributed by atoms with Gasteiger partial charge in [0.2, 0.25) is 5.82 Å². The minimum Gasteiger partial charge on any atom is -0.469 e. The molecule has 1 aliphatic carbocycles. The lowest BCUT2D eigenvalue weighted by Crippen LogP contribution is -2.21. The Hall–Kier alpha value is -1.92. The molecule has 0 aliphatic heterocycles. The average molecular weight is 294 g/mol. The molecular formula is C14H22N4O3. The van der Waals surface area contributed by atoms with Crippen molar-refractivity contribution in [1.29, 1.82) is 0 Å². The quantitative estimate of drug-likeness (QED) is 0.471. The highest BCUT2D eigenvalue weighted by Gasteiger charge is 2.27. The van der Waals surface area contributed by atoms with Crippen LogP contribution in [0.4, 0.5) is 11.5 Å². The SMILES string of the molecule is CCCCNc1ncnc(OC2CCCCC2)c1[N+](=O)[O-]. The molecule has 21 heavy (non-hydrogen) atoms. The smallest absolute Gasteiger partial charge is 0.372 e. The van der Waals surface area contributed by atoms with E-state index < -0.39 is 4.92 Å². The topological polar surface area (TPSA) is 90.2 Å². The third-order valence-corrected chi connectivity index (χ3v) is 3.62. The van der Waals surface area contributed by atoms with Crippen molar-refractivity contribution in [3.63, 3.8) is 0 Å². The summed E-state index contributed by atoms with van der Waals surface area (Å²) in [4.78, 5) is 18.8. The van der Waals surface area contributed by atoms with Crippen molar-refractivity contribution in [2.75, 3.05) is 11.9 Å². The zero-order valence-electron chi connectivity index (χ0n) is 12.4. The second kappa shape index (κ2) is 7.75. The molecule has 0 unspecified atom stereocenters. The third-order valence-electron chi connectivity index (χ3n) is 3.62. The Morgan fingerprint density at radius 2 is 2.14 bits per heavy atom. The number of rotatable bonds is 7. The molecular weight excluding hydrogens is 272 g/mol. The number of nitrogens with one attached hydrogen (secondary N) is 1. The molecule has 116 valence electrons. The second-order valence-corrected chi connectivity index (χ2v) is 5.29. The Morgan fingerprint density at radius 3 is 2.81 bits per heavy atom. The van der Waals surface area contributed by atoms with Gasteiger partial charge in [-0.3, -0.25) is 10.1 Å². The molecule has 0 radical (unpaired) electrons. The number of anilines is 1. The lowest BCUT2D eigenvalue weighted by atomic mass is 9.98. The number of hydrogen-bond acceptors (Lipinski definition) is 6. The molecule has 0 bridgehead atoms. The molecule has 7 nitrogen and oxygen atoms in total. The molecule has 7 heteroatoms. The van der Waals surface area contributed by atoms with E-state index in [1.165, 1.54) is 12.7 Å². The van der Waals surface area contributed by atoms with Crippen LogP contribution in [0.25, 0.3) is 0 Å². The van der Waals surface area contributed by atoms with Gasteiger partial charge < -0.3 is 10.1 Å². The van der Waals surface area contributed by atoms with E-state index in [2.05, 4.69) is 22.2 Å². The van der Waals surface area contributed by atoms with Gasteiger partial charge in [0.15, 0.2) is 0 Å². The summed E-state index contributed by atoms with van der Waals surface area (Å²) in [7, 11) is 0. The maximum atomic E-state index is 11.3. The lowest BCUT2D eigenvalue weighted by Gasteiger charge is -2.22. The van der Waals surface area contributed by atoms with E-state index in [0.717, 1.165) is 38.5 Å². The molecule has 1 aliphatic rings. The maximum absolute atomic E-state index is 11.3. The zero-order valence-corrected chi connectivity index (χ0v) is 12.4. The van der Waals surface area contributed by atoms with Crippen molar-refractivity contribution in [3.05, 3.63) is 16.4 Å². The van der Waals surface area contributed by atoms with E-state index in [1.807, 2.05) is 0 Å². The van der Waals surface area contributed by atoms with E-state index in [0.29, 0.717) is 6.54 Å². The highest BCUT2D eigenvalue weighted by Crippen LogP contribution is 2.33. The second-order valence-electron chi connectivity index (χ2n) is 5.29. The normalized spacial score (nSPS) is 15.7. The maximum Gasteiger partial charge on any atom is 0.372 e. The van der Waals surface area contributed by atoms with Crippen LogP contribution in [0.3, 0.4) is 0 Å². The molecule has 0 amide bonds. The first-order chi connectivity index (χ1) is 10.2. The van der Waals surface area contributed by atoms with E-state index in [4.69, 9.17) is 4.74 Å². The van der Waals surface area contributed by atoms with Crippen molar-refractivity contribution in [2.24, 2.45) is 0 Å². The first-order valence-corrected chi connectivity index (χ1v) is 7.62. The largest absolute Gasteiger partial charge is 0.469 e. The molecule has 0 atom stereocenters. The summed E-state index contributed by atoms with van der Waals surface area (Å²) in [6.45, 7) is 2.71. The van der Waals surface area contributed by atoms with Crippen molar-refractivity contribution < 1.29 is 9.66 Å². The van der Waals surface area contributed by atoms with Crippen molar-refractivity contribution >= 4 is 11.5 Å². The third kappa shape index (κ3) is 4.27. The minimum atomic E-state index is -0.466. The van der Waals surface area contributed by atoms with Crippen molar-refractivity contribution in [3.8, 4) is 5.88 Å². The summed E-state index contributed by atoms with van der Waals surface area (Å²) < 4.78 is 5.76. The monoisotopic (exact) mass is 294 g/mol. The van der Waals surface area contributed by atoms with Crippen molar-refractivity contribution in [1.82, 2.24) is 9.97 Å². The van der Waals surface area contributed by atoms with E-state index in [-0.39, 0.29) is 23.5 Å². The number of aromatic nitrogens is 2. The molecule has 1 saturated carbocycles. The summed E-state index contributed by atoms with van der Waals surface area (Å²) >= 11 is 0. The van der Waals surface area contributed by atoms with Crippen LogP contribution in [0.5, 0.6) is 5.88 Å². The molecule has 1 aromatic heterocycles. The fraction of sp³-hybridized carbons (Fsp3) is 0.714. The number of unbranched alkanes of at least 4 members (excludes halogenated alkanes) is 1. The Labute approximate surface area is 124 Å². The molecule has 2 rings (SSSR count). The van der Waals surface area contributed by atoms with Gasteiger partial charge >= 0.3 is 5.69 Å². The predicted octanol–water partition coefficient (Wildman–Crippen LogP) is 3.31. The molecule has 1 heterocycles. The molecule has 0 aromatic carbocycles. The van der Waals surface area contributed by atoms with E-state index in [9.17, 15) is 10.1 Å². The average Bonchev–Trinajstić information content (AvgIpc) is 2.48. The van der Waals surface area contributed by atoms with Gasteiger partial charge in [0.05, 0.1) is 4.92 Å². The Kier molecular flexibility index (Phi) is 5.71. The predicted molar refractivity (Wildman–Crippen MR) is 79.6 cm³/mol. The first kappa shape index (κ1) is 15.5. The van der Waals surface area contributed by atoms with Gasteiger partial charge in [-0.05, 0) is 32.1 Å². The summed E-state index contributed by atoms with van der Waals surface area (Å²) in [5.74, 6) is 0.329. The molecule has 1 aromatic rings. The number of nitro groups is 1. The number of ether oxygens (including phenoxy) is 1. The van der Waals surface area contributed by atoms with Gasteiger partial charge in [-0.25, -0.2) is 4.98 Å². The minimum absolute atomic E-state index is 0.0239. The highest BCUT2D eigenvalue weighted by atomic mass is 16.6. The van der Waals surface area contributed by atoms with Crippen LogP contribution in [-0.4, -0.2) is 27.5 Å². The highest BCUT2D eigenvalue weighted by molar-refractivity contribution is 5.61. The zero-order chi connectivity index (χ0) is 15.1. The van der Waals surface area contributed by atoms with Gasteiger partial charge in [-0.2, -0.15) is 4.98 Å². The molecule has 1 fully saturated rings. The van der Waals surface area contributed by atoms with Crippen LogP contribution in [-0.2, 0) is 0 Å². The van der Waals surface area contributed by atoms with Crippen LogP contribution in [0.1, 0.15) is 51.9 Å². The van der Waals surface area contributed by atoms with Crippen LogP contribution in [0, 0.1) is 10.1 Å². The van der Waals surface area contributed by atoms with Gasteiger partial charge in [0, 0.05) is 6.54 Å². The summed E-state index contributed by atoms with van der Waals surface area (Å²) in [6, 6.07) is 0. The van der Waals surface area contributed by atoms with Gasteiger partial charge in [0.1, 0.15) is 12.4 Å². The fourth-order valence-electron chi connectivity index (χ4n) is 2.47. The Bertz CT molecular complexity index is 475. The van der Waals surface area contributed by atoms with E-state index in [1.54, 1.807) is 0 Å². The fourth-order valence-corrected chi connectivity index (χ4v) is 2.47. The standard InChI is InChI=1S/C14H22N4O3/c1-2-3-9-15-13-12(18(19)20)14(17-10-16-13)21-11-7-5-4-6-8-11/h10-11H,2-9H2,1H3,(H,15,16,17). The van der Waals surface area contributed by atoms with Crippen LogP contribution < -0.4 is 10.1 Å². The van der Waals surface area contributed by atoms with Gasteiger partial charge in [-0.15, -0.1) is 0 Å². The molecule has 0 spiro atoms. The van der Waals surface area contributed by atoms with Gasteiger partial charge in [-0.1, -0.05) is 19.8 Å². The van der Waals surface area contributed by atoms with Crippen molar-refractivity contribution in [2.45, 2.75) is 58.0 Å². The van der Waals surface area contributed by atoms with Crippen LogP contribution in [0.15, 0.2) is 6.33 Å². The lowest BCUT2D eigenvalue weighted by molar-refractivity contribution is -0.385. The number of nitrogens with zero attached hydrogens (tertiary/aromatic N) is 3. The van der Waals surface area contributed by atoms with Crippen LogP contribution >= 0.6 is 0 Å². The molecule has 1 N–H and O–H groups in total. The summed E-state index contributed by atoms with van der Waals surface area (Å²) in [5, 5.41) is 14.3. The van der Waals surface area contributed by atoms with E-state index >= 15 is 0 Å². The van der Waals surface area contributed by atoms with Crippen LogP contribution in [0.2, 0.25) is 0 Å². The summed E-state index contributed by atoms with van der Waals surface area (Å²) in [5.41, 5.74) is -0.154. The molecule has 0 saturated heterocycles. The Morgan fingerprint density at radius 1 is 1.38 bits per heavy atom. The van der Waals surface area contributed by atoms with Gasteiger partial charge in [0.25, 0.3) is 5.88 Å².